The Morgan fingerprint density at radius 2 is 1.78 bits per heavy atom. The summed E-state index contributed by atoms with van der Waals surface area (Å²) >= 11 is 0. The Morgan fingerprint density at radius 3 is 2.28 bits per heavy atom. The van der Waals surface area contributed by atoms with Crippen molar-refractivity contribution in [1.29, 1.82) is 0 Å². The number of rotatable bonds is 7. The lowest BCUT2D eigenvalue weighted by atomic mass is 10.0. The van der Waals surface area contributed by atoms with Gasteiger partial charge >= 0.3 is 0 Å². The standard InChI is InChI=1S/C14H22F2N2/c1-4-6-17-14(5-7-18(2)3)11-8-12(15)10-13(16)9-11/h8-10,14,17H,4-7H2,1-3H3. The van der Waals surface area contributed by atoms with Crippen LogP contribution >= 0.6 is 0 Å². The van der Waals surface area contributed by atoms with E-state index in [4.69, 9.17) is 0 Å². The molecule has 0 radical (unpaired) electrons. The fourth-order valence-electron chi connectivity index (χ4n) is 1.87. The van der Waals surface area contributed by atoms with Gasteiger partial charge in [0.1, 0.15) is 11.6 Å². The minimum atomic E-state index is -0.516. The van der Waals surface area contributed by atoms with Crippen LogP contribution in [0.25, 0.3) is 0 Å². The highest BCUT2D eigenvalue weighted by Crippen LogP contribution is 2.19. The quantitative estimate of drug-likeness (QED) is 0.807. The maximum Gasteiger partial charge on any atom is 0.126 e. The number of hydrogen-bond acceptors (Lipinski definition) is 2. The van der Waals surface area contributed by atoms with Crippen molar-refractivity contribution < 1.29 is 8.78 Å². The Hall–Kier alpha value is -1.00. The van der Waals surface area contributed by atoms with E-state index < -0.39 is 11.6 Å². The summed E-state index contributed by atoms with van der Waals surface area (Å²) in [5, 5.41) is 3.34. The molecule has 0 saturated heterocycles. The molecule has 2 nitrogen and oxygen atoms in total. The van der Waals surface area contributed by atoms with E-state index in [0.717, 1.165) is 32.0 Å². The first-order valence-corrected chi connectivity index (χ1v) is 6.37. The lowest BCUT2D eigenvalue weighted by Gasteiger charge is -2.21. The second kappa shape index (κ2) is 7.44. The lowest BCUT2D eigenvalue weighted by molar-refractivity contribution is 0.360. The highest BCUT2D eigenvalue weighted by molar-refractivity contribution is 5.21. The molecular weight excluding hydrogens is 234 g/mol. The molecule has 1 aromatic rings. The van der Waals surface area contributed by atoms with Crippen LogP contribution in [0.15, 0.2) is 18.2 Å². The normalized spacial score (nSPS) is 13.0. The second-order valence-corrected chi connectivity index (χ2v) is 4.80. The van der Waals surface area contributed by atoms with Crippen LogP contribution in [0, 0.1) is 11.6 Å². The molecule has 102 valence electrons. The smallest absolute Gasteiger partial charge is 0.126 e. The van der Waals surface area contributed by atoms with Gasteiger partial charge in [0, 0.05) is 12.1 Å². The molecule has 1 unspecified atom stereocenters. The van der Waals surface area contributed by atoms with E-state index in [9.17, 15) is 8.78 Å². The molecule has 0 aliphatic rings. The monoisotopic (exact) mass is 256 g/mol. The van der Waals surface area contributed by atoms with Crippen LogP contribution in [-0.2, 0) is 0 Å². The van der Waals surface area contributed by atoms with Gasteiger partial charge in [-0.3, -0.25) is 0 Å². The Balaban J connectivity index is 2.79. The second-order valence-electron chi connectivity index (χ2n) is 4.80. The van der Waals surface area contributed by atoms with Crippen molar-refractivity contribution in [2.75, 3.05) is 27.2 Å². The molecule has 0 aliphatic heterocycles. The molecule has 0 fully saturated rings. The SMILES string of the molecule is CCCNC(CCN(C)C)c1cc(F)cc(F)c1. The Labute approximate surface area is 108 Å². The van der Waals surface area contributed by atoms with Gasteiger partial charge in [-0.1, -0.05) is 6.92 Å². The van der Waals surface area contributed by atoms with Gasteiger partial charge in [0.25, 0.3) is 0 Å². The highest BCUT2D eigenvalue weighted by Gasteiger charge is 2.13. The third kappa shape index (κ3) is 5.10. The van der Waals surface area contributed by atoms with E-state index in [1.165, 1.54) is 12.1 Å². The molecule has 0 aliphatic carbocycles. The first kappa shape index (κ1) is 15.1. The first-order chi connectivity index (χ1) is 8.52. The minimum Gasteiger partial charge on any atom is -0.310 e. The molecule has 0 aromatic heterocycles. The Kier molecular flexibility index (Phi) is 6.22. The summed E-state index contributed by atoms with van der Waals surface area (Å²) in [4.78, 5) is 2.07. The number of halogens is 2. The number of nitrogens with zero attached hydrogens (tertiary/aromatic N) is 1. The third-order valence-electron chi connectivity index (χ3n) is 2.79. The molecule has 1 aromatic carbocycles. The van der Waals surface area contributed by atoms with Crippen LogP contribution in [0.3, 0.4) is 0 Å². The van der Waals surface area contributed by atoms with Gasteiger partial charge < -0.3 is 10.2 Å². The summed E-state index contributed by atoms with van der Waals surface area (Å²) in [6.07, 6.45) is 1.83. The van der Waals surface area contributed by atoms with Gasteiger partial charge in [-0.25, -0.2) is 8.78 Å². The van der Waals surface area contributed by atoms with Crippen LogP contribution in [0.1, 0.15) is 31.4 Å². The van der Waals surface area contributed by atoms with E-state index >= 15 is 0 Å². The van der Waals surface area contributed by atoms with Gasteiger partial charge in [-0.2, -0.15) is 0 Å². The van der Waals surface area contributed by atoms with Gasteiger partial charge in [-0.05, 0) is 57.7 Å². The summed E-state index contributed by atoms with van der Waals surface area (Å²) in [6, 6.07) is 3.72. The maximum absolute atomic E-state index is 13.2. The topological polar surface area (TPSA) is 15.3 Å². The molecule has 18 heavy (non-hydrogen) atoms. The summed E-state index contributed by atoms with van der Waals surface area (Å²) in [5.74, 6) is -1.03. The van der Waals surface area contributed by atoms with E-state index in [1.54, 1.807) is 0 Å². The van der Waals surface area contributed by atoms with Crippen LogP contribution in [-0.4, -0.2) is 32.1 Å². The van der Waals surface area contributed by atoms with Crippen molar-refractivity contribution >= 4 is 0 Å². The fourth-order valence-corrected chi connectivity index (χ4v) is 1.87. The highest BCUT2D eigenvalue weighted by atomic mass is 19.1. The molecule has 1 N–H and O–H groups in total. The van der Waals surface area contributed by atoms with E-state index in [-0.39, 0.29) is 6.04 Å². The van der Waals surface area contributed by atoms with Crippen LogP contribution in [0.2, 0.25) is 0 Å². The van der Waals surface area contributed by atoms with E-state index in [0.29, 0.717) is 5.56 Å². The summed E-state index contributed by atoms with van der Waals surface area (Å²) in [5.41, 5.74) is 0.683. The van der Waals surface area contributed by atoms with Gasteiger partial charge in [0.05, 0.1) is 0 Å². The summed E-state index contributed by atoms with van der Waals surface area (Å²) < 4.78 is 26.5. The van der Waals surface area contributed by atoms with Crippen molar-refractivity contribution in [2.24, 2.45) is 0 Å². The van der Waals surface area contributed by atoms with Crippen molar-refractivity contribution in [2.45, 2.75) is 25.8 Å². The van der Waals surface area contributed by atoms with Crippen molar-refractivity contribution in [3.8, 4) is 0 Å². The molecule has 1 rings (SSSR count). The summed E-state index contributed by atoms with van der Waals surface area (Å²) in [7, 11) is 3.98. The minimum absolute atomic E-state index is 0.00227. The molecule has 1 atom stereocenters. The first-order valence-electron chi connectivity index (χ1n) is 6.37. The third-order valence-corrected chi connectivity index (χ3v) is 2.79. The molecule has 0 heterocycles. The number of benzene rings is 1. The van der Waals surface area contributed by atoms with E-state index in [2.05, 4.69) is 17.1 Å². The predicted octanol–water partition coefficient (Wildman–Crippen LogP) is 2.96. The maximum atomic E-state index is 13.2. The molecule has 0 amide bonds. The molecule has 0 bridgehead atoms. The molecule has 0 saturated carbocycles. The van der Waals surface area contributed by atoms with Crippen LogP contribution in [0.5, 0.6) is 0 Å². The van der Waals surface area contributed by atoms with Crippen molar-refractivity contribution in [3.63, 3.8) is 0 Å². The van der Waals surface area contributed by atoms with E-state index in [1.807, 2.05) is 14.1 Å². The van der Waals surface area contributed by atoms with Crippen molar-refractivity contribution in [3.05, 3.63) is 35.4 Å². The average Bonchev–Trinajstić information content (AvgIpc) is 2.27. The Morgan fingerprint density at radius 1 is 1.17 bits per heavy atom. The average molecular weight is 256 g/mol. The lowest BCUT2D eigenvalue weighted by Crippen LogP contribution is -2.26. The molecular formula is C14H22F2N2. The Bertz CT molecular complexity index is 347. The molecule has 0 spiro atoms. The molecule has 4 heteroatoms. The summed E-state index contributed by atoms with van der Waals surface area (Å²) in [6.45, 7) is 3.79. The zero-order valence-electron chi connectivity index (χ0n) is 11.3. The fraction of sp³-hybridized carbons (Fsp3) is 0.571. The zero-order chi connectivity index (χ0) is 13.5. The zero-order valence-corrected chi connectivity index (χ0v) is 11.3. The van der Waals surface area contributed by atoms with Gasteiger partial charge in [0.15, 0.2) is 0 Å². The van der Waals surface area contributed by atoms with Crippen LogP contribution < -0.4 is 5.32 Å². The largest absolute Gasteiger partial charge is 0.310 e. The van der Waals surface area contributed by atoms with Gasteiger partial charge in [-0.15, -0.1) is 0 Å². The number of nitrogens with one attached hydrogen (secondary N) is 1. The van der Waals surface area contributed by atoms with Crippen molar-refractivity contribution in [1.82, 2.24) is 10.2 Å². The van der Waals surface area contributed by atoms with Gasteiger partial charge in [0.2, 0.25) is 0 Å². The predicted molar refractivity (Wildman–Crippen MR) is 70.6 cm³/mol. The number of hydrogen-bond donors (Lipinski definition) is 1. The van der Waals surface area contributed by atoms with Crippen LogP contribution in [0.4, 0.5) is 8.78 Å².